The predicted octanol–water partition coefficient (Wildman–Crippen LogP) is 3.28. The summed E-state index contributed by atoms with van der Waals surface area (Å²) < 4.78 is 4.77. The average Bonchev–Trinajstić information content (AvgIpc) is 2.06. The van der Waals surface area contributed by atoms with Gasteiger partial charge in [-0.15, -0.1) is 6.58 Å². The molecule has 0 aromatic rings. The van der Waals surface area contributed by atoms with Crippen LogP contribution in [0.2, 0.25) is 0 Å². The number of rotatable bonds is 4. The third kappa shape index (κ3) is 11.2. The maximum absolute atomic E-state index is 8.82. The van der Waals surface area contributed by atoms with Crippen LogP contribution in [0.15, 0.2) is 24.0 Å². The number of allylic oxidation sites excluding steroid dienone is 2. The zero-order valence-electron chi connectivity index (χ0n) is 10.1. The highest BCUT2D eigenvalue weighted by Gasteiger charge is 1.99. The molecule has 0 fully saturated rings. The van der Waals surface area contributed by atoms with E-state index in [9.17, 15) is 0 Å². The van der Waals surface area contributed by atoms with Crippen LogP contribution in [-0.4, -0.2) is 18.3 Å². The van der Waals surface area contributed by atoms with Gasteiger partial charge < -0.3 is 9.84 Å². The minimum absolute atomic E-state index is 0.481. The van der Waals surface area contributed by atoms with Crippen molar-refractivity contribution in [3.05, 3.63) is 24.0 Å². The summed E-state index contributed by atoms with van der Waals surface area (Å²) in [5.41, 5.74) is 1.29. The minimum atomic E-state index is -0.481. The molecule has 0 aromatic carbocycles. The molecule has 0 aliphatic rings. The van der Waals surface area contributed by atoms with E-state index in [1.807, 2.05) is 6.92 Å². The van der Waals surface area contributed by atoms with Gasteiger partial charge in [0.25, 0.3) is 0 Å². The van der Waals surface area contributed by atoms with Crippen LogP contribution < -0.4 is 0 Å². The van der Waals surface area contributed by atoms with Crippen molar-refractivity contribution >= 4 is 0 Å². The third-order valence-electron chi connectivity index (χ3n) is 1.61. The first-order valence-corrected chi connectivity index (χ1v) is 5.02. The lowest BCUT2D eigenvalue weighted by molar-refractivity contribution is 0.141. The smallest absolute Gasteiger partial charge is 0.119 e. The van der Waals surface area contributed by atoms with Crippen molar-refractivity contribution < 1.29 is 9.84 Å². The van der Waals surface area contributed by atoms with Crippen LogP contribution >= 0.6 is 0 Å². The van der Waals surface area contributed by atoms with Crippen LogP contribution in [0.5, 0.6) is 0 Å². The van der Waals surface area contributed by atoms with Gasteiger partial charge in [-0.05, 0) is 33.3 Å². The second-order valence-corrected chi connectivity index (χ2v) is 3.28. The summed E-state index contributed by atoms with van der Waals surface area (Å²) in [5.74, 6) is 0.616. The van der Waals surface area contributed by atoms with Crippen molar-refractivity contribution in [3.8, 4) is 0 Å². The molecule has 0 bridgehead atoms. The summed E-state index contributed by atoms with van der Waals surface area (Å²) in [6.07, 6.45) is 3.67. The van der Waals surface area contributed by atoms with Crippen molar-refractivity contribution in [2.45, 2.75) is 46.6 Å². The molecule has 0 aliphatic heterocycles. The van der Waals surface area contributed by atoms with E-state index >= 15 is 0 Å². The molecule has 0 saturated heterocycles. The van der Waals surface area contributed by atoms with Crippen LogP contribution in [0.3, 0.4) is 0 Å². The molecular formula is C12H24O2. The van der Waals surface area contributed by atoms with Crippen LogP contribution in [0, 0.1) is 0 Å². The van der Waals surface area contributed by atoms with Gasteiger partial charge in [-0.2, -0.15) is 0 Å². The lowest BCUT2D eigenvalue weighted by Gasteiger charge is -2.06. The number of aliphatic hydroxyl groups excluding tert-OH is 1. The van der Waals surface area contributed by atoms with Gasteiger partial charge in [-0.3, -0.25) is 0 Å². The Bertz CT molecular complexity index is 169. The first kappa shape index (κ1) is 15.7. The van der Waals surface area contributed by atoms with Gasteiger partial charge in [0, 0.05) is 0 Å². The molecule has 1 N–H and O–H groups in total. The maximum atomic E-state index is 8.82. The molecule has 1 unspecified atom stereocenters. The molecule has 0 spiro atoms. The summed E-state index contributed by atoms with van der Waals surface area (Å²) in [7, 11) is 1.54. The zero-order valence-corrected chi connectivity index (χ0v) is 10.1. The molecule has 0 radical (unpaired) electrons. The monoisotopic (exact) mass is 200 g/mol. The van der Waals surface area contributed by atoms with Gasteiger partial charge in [0.05, 0.1) is 7.11 Å². The molecule has 2 nitrogen and oxygen atoms in total. The van der Waals surface area contributed by atoms with E-state index in [-0.39, 0.29) is 0 Å². The highest BCUT2D eigenvalue weighted by Crippen LogP contribution is 1.99. The quantitative estimate of drug-likeness (QED) is 0.557. The Morgan fingerprint density at radius 2 is 2.07 bits per heavy atom. The Balaban J connectivity index is 0. The number of ether oxygens (including phenoxy) is 1. The van der Waals surface area contributed by atoms with Crippen LogP contribution in [0.4, 0.5) is 0 Å². The van der Waals surface area contributed by atoms with E-state index in [4.69, 9.17) is 9.84 Å². The largest absolute Gasteiger partial charge is 0.499 e. The fourth-order valence-corrected chi connectivity index (χ4v) is 0.956. The van der Waals surface area contributed by atoms with Crippen LogP contribution in [0.25, 0.3) is 0 Å². The highest BCUT2D eigenvalue weighted by atomic mass is 16.5. The van der Waals surface area contributed by atoms with Gasteiger partial charge in [-0.25, -0.2) is 0 Å². The lowest BCUT2D eigenvalue weighted by atomic mass is 10.2. The molecule has 14 heavy (non-hydrogen) atoms. The van der Waals surface area contributed by atoms with E-state index < -0.39 is 6.10 Å². The summed E-state index contributed by atoms with van der Waals surface area (Å²) in [4.78, 5) is 0. The average molecular weight is 200 g/mol. The summed E-state index contributed by atoms with van der Waals surface area (Å²) in [5, 5.41) is 8.82. The number of methoxy groups -OCH3 is 1. The highest BCUT2D eigenvalue weighted by molar-refractivity contribution is 4.94. The lowest BCUT2D eigenvalue weighted by Crippen LogP contribution is -2.05. The van der Waals surface area contributed by atoms with Gasteiger partial charge in [0.1, 0.15) is 11.9 Å². The van der Waals surface area contributed by atoms with Gasteiger partial charge >= 0.3 is 0 Å². The molecule has 84 valence electrons. The molecule has 2 heteroatoms. The van der Waals surface area contributed by atoms with E-state index in [0.29, 0.717) is 5.76 Å². The van der Waals surface area contributed by atoms with E-state index in [0.717, 1.165) is 0 Å². The predicted molar refractivity (Wildman–Crippen MR) is 62.2 cm³/mol. The summed E-state index contributed by atoms with van der Waals surface area (Å²) >= 11 is 0. The minimum Gasteiger partial charge on any atom is -0.499 e. The molecular weight excluding hydrogens is 176 g/mol. The van der Waals surface area contributed by atoms with Crippen molar-refractivity contribution in [1.82, 2.24) is 0 Å². The Labute approximate surface area is 88.3 Å². The molecule has 0 heterocycles. The van der Waals surface area contributed by atoms with Gasteiger partial charge in [-0.1, -0.05) is 18.9 Å². The second kappa shape index (κ2) is 10.3. The fourth-order valence-electron chi connectivity index (χ4n) is 0.956. The Hall–Kier alpha value is -0.760. The molecule has 1 atom stereocenters. The van der Waals surface area contributed by atoms with E-state index in [1.54, 1.807) is 20.1 Å². The molecule has 0 rings (SSSR count). The Morgan fingerprint density at radius 3 is 2.07 bits per heavy atom. The van der Waals surface area contributed by atoms with Gasteiger partial charge in [0.2, 0.25) is 0 Å². The normalized spacial score (nSPS) is 12.6. The molecule has 0 saturated carbocycles. The Morgan fingerprint density at radius 1 is 1.57 bits per heavy atom. The maximum Gasteiger partial charge on any atom is 0.119 e. The Kier molecular flexibility index (Phi) is 11.6. The van der Waals surface area contributed by atoms with Crippen molar-refractivity contribution in [3.63, 3.8) is 0 Å². The van der Waals surface area contributed by atoms with Crippen molar-refractivity contribution in [2.24, 2.45) is 0 Å². The van der Waals surface area contributed by atoms with E-state index in [1.165, 1.54) is 18.4 Å². The summed E-state index contributed by atoms with van der Waals surface area (Å²) in [6, 6.07) is 0. The fraction of sp³-hybridized carbons (Fsp3) is 0.667. The second-order valence-electron chi connectivity index (χ2n) is 3.28. The van der Waals surface area contributed by atoms with Crippen molar-refractivity contribution in [1.29, 1.82) is 0 Å². The van der Waals surface area contributed by atoms with Crippen molar-refractivity contribution in [2.75, 3.05) is 7.11 Å². The number of aliphatic hydroxyl groups is 1. The SMILES string of the molecule is C/C=C(/OC)C(C)O.C=C(C)CCC. The number of hydrogen-bond donors (Lipinski definition) is 1. The third-order valence-corrected chi connectivity index (χ3v) is 1.61. The van der Waals surface area contributed by atoms with Crippen LogP contribution in [-0.2, 0) is 4.74 Å². The van der Waals surface area contributed by atoms with E-state index in [2.05, 4.69) is 20.4 Å². The molecule has 0 amide bonds. The molecule has 0 aromatic heterocycles. The first-order chi connectivity index (χ1) is 6.49. The standard InChI is InChI=1S/C6H12O2.C6H12/c1-4-6(8-3)5(2)7;1-4-5-6(2)3/h4-5,7H,1-3H3;2,4-5H2,1,3H3/b6-4+;. The summed E-state index contributed by atoms with van der Waals surface area (Å²) in [6.45, 7) is 11.5. The topological polar surface area (TPSA) is 29.5 Å². The van der Waals surface area contributed by atoms with Gasteiger partial charge in [0.15, 0.2) is 0 Å². The zero-order chi connectivity index (χ0) is 11.6. The first-order valence-electron chi connectivity index (χ1n) is 5.02. The molecule has 0 aliphatic carbocycles. The van der Waals surface area contributed by atoms with Crippen LogP contribution in [0.1, 0.15) is 40.5 Å². The number of hydrogen-bond acceptors (Lipinski definition) is 2.